The number of carbonyl (C=O) groups excluding carboxylic acids is 1. The molecule has 0 atom stereocenters. The number of nitrogens with zero attached hydrogens (tertiary/aromatic N) is 1. The van der Waals surface area contributed by atoms with E-state index in [1.54, 1.807) is 30.3 Å². The van der Waals surface area contributed by atoms with Gasteiger partial charge in [-0.1, -0.05) is 76.6 Å². The molecule has 0 saturated heterocycles. The van der Waals surface area contributed by atoms with Gasteiger partial charge in [0.25, 0.3) is 0 Å². The predicted molar refractivity (Wildman–Crippen MR) is 174 cm³/mol. The molecule has 0 heterocycles. The average Bonchev–Trinajstić information content (AvgIpc) is 3.04. The lowest BCUT2D eigenvalue weighted by Gasteiger charge is -2.10. The summed E-state index contributed by atoms with van der Waals surface area (Å²) in [4.78, 5) is 34.8. The maximum Gasteiger partial charge on any atom is 0.343 e. The van der Waals surface area contributed by atoms with E-state index in [0.717, 1.165) is 75.5 Å². The van der Waals surface area contributed by atoms with E-state index in [1.165, 1.54) is 12.1 Å². The number of rotatable bonds is 21. The van der Waals surface area contributed by atoms with Crippen molar-refractivity contribution < 1.29 is 33.8 Å². The zero-order chi connectivity index (χ0) is 32.4. The van der Waals surface area contributed by atoms with Crippen molar-refractivity contribution in [1.29, 1.82) is 0 Å². The molecule has 0 spiro atoms. The Kier molecular flexibility index (Phi) is 14.6. The van der Waals surface area contributed by atoms with Gasteiger partial charge in [0.2, 0.25) is 5.75 Å². The summed E-state index contributed by atoms with van der Waals surface area (Å²) in [5.41, 5.74) is 1.64. The van der Waals surface area contributed by atoms with E-state index < -0.39 is 16.9 Å². The molecule has 3 aromatic carbocycles. The van der Waals surface area contributed by atoms with Crippen molar-refractivity contribution in [2.45, 2.75) is 77.6 Å². The number of carboxylic acids is 1. The Hall–Kier alpha value is -4.66. The minimum atomic E-state index is -0.909. The van der Waals surface area contributed by atoms with Crippen molar-refractivity contribution in [3.05, 3.63) is 94.6 Å². The Bertz CT molecular complexity index is 1400. The zero-order valence-corrected chi connectivity index (χ0v) is 26.0. The van der Waals surface area contributed by atoms with Crippen LogP contribution in [0.1, 0.15) is 87.9 Å². The molecule has 240 valence electrons. The fourth-order valence-corrected chi connectivity index (χ4v) is 4.65. The number of aliphatic carboxylic acids is 1. The highest BCUT2D eigenvalue weighted by molar-refractivity contribution is 5.92. The van der Waals surface area contributed by atoms with E-state index in [1.807, 2.05) is 24.3 Å². The van der Waals surface area contributed by atoms with Gasteiger partial charge in [-0.05, 0) is 79.3 Å². The van der Waals surface area contributed by atoms with Crippen LogP contribution in [0, 0.1) is 10.1 Å². The van der Waals surface area contributed by atoms with E-state index in [9.17, 15) is 19.7 Å². The second-order valence-electron chi connectivity index (χ2n) is 10.9. The Morgan fingerprint density at radius 1 is 0.756 bits per heavy atom. The third-order valence-corrected chi connectivity index (χ3v) is 7.35. The molecule has 0 fully saturated rings. The van der Waals surface area contributed by atoms with Gasteiger partial charge in [0.15, 0.2) is 0 Å². The van der Waals surface area contributed by atoms with Crippen LogP contribution in [0.5, 0.6) is 17.2 Å². The van der Waals surface area contributed by atoms with Gasteiger partial charge < -0.3 is 19.3 Å². The predicted octanol–water partition coefficient (Wildman–Crippen LogP) is 9.19. The van der Waals surface area contributed by atoms with Gasteiger partial charge in [-0.2, -0.15) is 0 Å². The average molecular weight is 618 g/mol. The van der Waals surface area contributed by atoms with Crippen LogP contribution >= 0.6 is 0 Å². The Labute approximate surface area is 265 Å². The summed E-state index contributed by atoms with van der Waals surface area (Å²) in [6.07, 6.45) is 10.9. The fraction of sp³-hybridized carbons (Fsp3) is 0.389. The summed E-state index contributed by atoms with van der Waals surface area (Å²) in [5.74, 6) is -0.363. The van der Waals surface area contributed by atoms with Crippen LogP contribution in [-0.4, -0.2) is 35.2 Å². The minimum absolute atomic E-state index is 0.127. The topological polar surface area (TPSA) is 125 Å². The maximum atomic E-state index is 12.8. The van der Waals surface area contributed by atoms with Gasteiger partial charge in [-0.15, -0.1) is 0 Å². The molecule has 0 amide bonds. The third-order valence-electron chi connectivity index (χ3n) is 7.35. The molecule has 0 bridgehead atoms. The maximum absolute atomic E-state index is 12.8. The molecule has 3 aromatic rings. The van der Waals surface area contributed by atoms with Crippen LogP contribution in [0.25, 0.3) is 11.1 Å². The van der Waals surface area contributed by atoms with Crippen LogP contribution in [0.4, 0.5) is 5.69 Å². The SMILES string of the molecule is C=C(CCCCCCCCCCOc1ccc(C(=O)Oc2ccc(-c3ccc(OCCCC)cc3)cc2[N+](=O)[O-])cc1)C(=O)O. The number of nitro groups is 1. The number of esters is 1. The Balaban J connectivity index is 1.41. The summed E-state index contributed by atoms with van der Waals surface area (Å²) < 4.78 is 16.9. The molecule has 45 heavy (non-hydrogen) atoms. The van der Waals surface area contributed by atoms with Crippen molar-refractivity contribution >= 4 is 17.6 Å². The minimum Gasteiger partial charge on any atom is -0.494 e. The van der Waals surface area contributed by atoms with Crippen molar-refractivity contribution in [2.75, 3.05) is 13.2 Å². The number of hydrogen-bond donors (Lipinski definition) is 1. The van der Waals surface area contributed by atoms with E-state index in [-0.39, 0.29) is 22.6 Å². The first-order valence-corrected chi connectivity index (χ1v) is 15.7. The second kappa shape index (κ2) is 18.9. The highest BCUT2D eigenvalue weighted by atomic mass is 16.6. The Morgan fingerprint density at radius 2 is 1.29 bits per heavy atom. The zero-order valence-electron chi connectivity index (χ0n) is 26.0. The molecule has 0 aliphatic heterocycles. The van der Waals surface area contributed by atoms with Crippen LogP contribution in [0.3, 0.4) is 0 Å². The summed E-state index contributed by atoms with van der Waals surface area (Å²) >= 11 is 0. The largest absolute Gasteiger partial charge is 0.494 e. The highest BCUT2D eigenvalue weighted by Gasteiger charge is 2.20. The molecule has 3 rings (SSSR count). The van der Waals surface area contributed by atoms with Crippen LogP contribution in [0.2, 0.25) is 0 Å². The first-order valence-electron chi connectivity index (χ1n) is 15.7. The molecule has 0 saturated carbocycles. The number of hydrogen-bond acceptors (Lipinski definition) is 7. The lowest BCUT2D eigenvalue weighted by Crippen LogP contribution is -2.10. The van der Waals surface area contributed by atoms with Crippen LogP contribution in [-0.2, 0) is 4.79 Å². The lowest BCUT2D eigenvalue weighted by molar-refractivity contribution is -0.385. The summed E-state index contributed by atoms with van der Waals surface area (Å²) in [6.45, 7) is 6.85. The smallest absolute Gasteiger partial charge is 0.343 e. The summed E-state index contributed by atoms with van der Waals surface area (Å²) in [5, 5.41) is 20.6. The monoisotopic (exact) mass is 617 g/mol. The van der Waals surface area contributed by atoms with Gasteiger partial charge in [-0.3, -0.25) is 10.1 Å². The van der Waals surface area contributed by atoms with Crippen molar-refractivity contribution in [3.8, 4) is 28.4 Å². The molecule has 0 unspecified atom stereocenters. The second-order valence-corrected chi connectivity index (χ2v) is 10.9. The van der Waals surface area contributed by atoms with Gasteiger partial charge in [-0.25, -0.2) is 9.59 Å². The first kappa shape index (κ1) is 34.8. The van der Waals surface area contributed by atoms with Gasteiger partial charge >= 0.3 is 17.6 Å². The molecule has 9 heteroatoms. The normalized spacial score (nSPS) is 10.7. The first-order chi connectivity index (χ1) is 21.8. The number of unbranched alkanes of at least 4 members (excludes halogenated alkanes) is 8. The molecule has 0 aliphatic carbocycles. The van der Waals surface area contributed by atoms with Crippen LogP contribution < -0.4 is 14.2 Å². The third kappa shape index (κ3) is 12.1. The summed E-state index contributed by atoms with van der Waals surface area (Å²) in [6, 6.07) is 18.4. The van der Waals surface area contributed by atoms with Gasteiger partial charge in [0.1, 0.15) is 11.5 Å². The molecule has 0 aromatic heterocycles. The van der Waals surface area contributed by atoms with E-state index >= 15 is 0 Å². The number of ether oxygens (including phenoxy) is 3. The molecular weight excluding hydrogens is 574 g/mol. The van der Waals surface area contributed by atoms with E-state index in [0.29, 0.717) is 30.9 Å². The standard InChI is InChI=1S/C36H43NO8/c1-3-4-24-43-31-19-14-28(15-20-31)30-18-23-34(33(26-30)37(41)42)45-36(40)29-16-21-32(22-17-29)44-25-12-10-8-6-5-7-9-11-13-27(2)35(38)39/h14-23,26H,2-13,24-25H2,1H3,(H,38,39). The van der Waals surface area contributed by atoms with Gasteiger partial charge in [0, 0.05) is 11.6 Å². The molecule has 0 radical (unpaired) electrons. The van der Waals surface area contributed by atoms with Gasteiger partial charge in [0.05, 0.1) is 23.7 Å². The summed E-state index contributed by atoms with van der Waals surface area (Å²) in [7, 11) is 0. The van der Waals surface area contributed by atoms with E-state index in [4.69, 9.17) is 19.3 Å². The van der Waals surface area contributed by atoms with Crippen molar-refractivity contribution in [3.63, 3.8) is 0 Å². The molecule has 1 N–H and O–H groups in total. The number of nitro benzene ring substituents is 1. The highest BCUT2D eigenvalue weighted by Crippen LogP contribution is 2.33. The van der Waals surface area contributed by atoms with Crippen molar-refractivity contribution in [2.24, 2.45) is 0 Å². The molecular formula is C36H43NO8. The van der Waals surface area contributed by atoms with E-state index in [2.05, 4.69) is 13.5 Å². The quantitative estimate of drug-likeness (QED) is 0.0313. The van der Waals surface area contributed by atoms with Crippen LogP contribution in [0.15, 0.2) is 78.9 Å². The molecule has 0 aliphatic rings. The number of carboxylic acid groups (broad SMARTS) is 1. The molecule has 9 nitrogen and oxygen atoms in total. The fourth-order valence-electron chi connectivity index (χ4n) is 4.65. The van der Waals surface area contributed by atoms with Crippen molar-refractivity contribution in [1.82, 2.24) is 0 Å². The number of benzene rings is 3. The lowest BCUT2D eigenvalue weighted by atomic mass is 10.0. The Morgan fingerprint density at radius 3 is 1.87 bits per heavy atom. The number of carbonyl (C=O) groups is 2.